The van der Waals surface area contributed by atoms with E-state index in [1.807, 2.05) is 56.3 Å². The molecule has 0 aliphatic heterocycles. The van der Waals surface area contributed by atoms with E-state index in [0.717, 1.165) is 22.5 Å². The van der Waals surface area contributed by atoms with Gasteiger partial charge in [-0.1, -0.05) is 35.0 Å². The van der Waals surface area contributed by atoms with Crippen LogP contribution in [0, 0.1) is 13.8 Å². The second-order valence-electron chi connectivity index (χ2n) is 5.42. The molecule has 0 saturated carbocycles. The van der Waals surface area contributed by atoms with Crippen LogP contribution in [-0.2, 0) is 0 Å². The van der Waals surface area contributed by atoms with Crippen molar-refractivity contribution in [2.45, 2.75) is 13.8 Å². The summed E-state index contributed by atoms with van der Waals surface area (Å²) in [6.45, 7) is 4.01. The summed E-state index contributed by atoms with van der Waals surface area (Å²) in [5, 5.41) is 16.6. The van der Waals surface area contributed by atoms with Crippen molar-refractivity contribution in [2.75, 3.05) is 0 Å². The first-order valence-corrected chi connectivity index (χ1v) is 7.40. The summed E-state index contributed by atoms with van der Waals surface area (Å²) in [7, 11) is 0. The second kappa shape index (κ2) is 6.40. The van der Waals surface area contributed by atoms with E-state index >= 15 is 0 Å². The molecule has 0 saturated heterocycles. The van der Waals surface area contributed by atoms with Crippen LogP contribution in [0.25, 0.3) is 11.4 Å². The van der Waals surface area contributed by atoms with Gasteiger partial charge in [-0.15, -0.1) is 0 Å². The normalized spacial score (nSPS) is 11.5. The Bertz CT molecular complexity index is 857. The molecule has 114 valence electrons. The largest absolute Gasteiger partial charge is 0.854 e. The molecule has 23 heavy (non-hydrogen) atoms. The van der Waals surface area contributed by atoms with E-state index < -0.39 is 0 Å². The molecule has 0 aliphatic rings. The van der Waals surface area contributed by atoms with E-state index in [1.165, 1.54) is 0 Å². The maximum Gasteiger partial charge on any atom is 0.263 e. The summed E-state index contributed by atoms with van der Waals surface area (Å²) in [6, 6.07) is 16.8. The molecule has 3 aromatic rings. The van der Waals surface area contributed by atoms with Crippen LogP contribution >= 0.6 is 0 Å². The Morgan fingerprint density at radius 3 is 2.48 bits per heavy atom. The van der Waals surface area contributed by atoms with E-state index in [9.17, 15) is 5.11 Å². The fourth-order valence-corrected chi connectivity index (χ4v) is 2.29. The van der Waals surface area contributed by atoms with Gasteiger partial charge in [0, 0.05) is 18.3 Å². The Balaban J connectivity index is 2.10. The minimum absolute atomic E-state index is 0.284. The van der Waals surface area contributed by atoms with E-state index in [4.69, 9.17) is 0 Å². The molecular weight excluding hydrogens is 286 g/mol. The van der Waals surface area contributed by atoms with Gasteiger partial charge in [-0.3, -0.25) is 0 Å². The van der Waals surface area contributed by atoms with Crippen molar-refractivity contribution in [3.05, 3.63) is 83.7 Å². The summed E-state index contributed by atoms with van der Waals surface area (Å²) in [4.78, 5) is 4.40. The number of hydrogen-bond acceptors (Lipinski definition) is 3. The molecule has 4 heteroatoms. The van der Waals surface area contributed by atoms with E-state index in [1.54, 1.807) is 29.2 Å². The average molecular weight is 303 g/mol. The predicted octanol–water partition coefficient (Wildman–Crippen LogP) is 2.22. The maximum absolute atomic E-state index is 12.3. The molecule has 0 aliphatic carbocycles. The van der Waals surface area contributed by atoms with Gasteiger partial charge in [0.2, 0.25) is 6.20 Å². The van der Waals surface area contributed by atoms with Crippen LogP contribution in [0.4, 0.5) is 0 Å². The summed E-state index contributed by atoms with van der Waals surface area (Å²) in [5.41, 5.74) is 4.33. The number of benzene rings is 1. The predicted molar refractivity (Wildman–Crippen MR) is 87.7 cm³/mol. The van der Waals surface area contributed by atoms with Crippen molar-refractivity contribution in [2.24, 2.45) is 5.10 Å². The Morgan fingerprint density at radius 2 is 1.74 bits per heavy atom. The smallest absolute Gasteiger partial charge is 0.263 e. The first kappa shape index (κ1) is 14.9. The topological polar surface area (TPSA) is 52.2 Å². The van der Waals surface area contributed by atoms with Gasteiger partial charge in [0.25, 0.3) is 5.69 Å². The Labute approximate surface area is 135 Å². The van der Waals surface area contributed by atoms with Gasteiger partial charge in [0.1, 0.15) is 5.69 Å². The summed E-state index contributed by atoms with van der Waals surface area (Å²) in [6.07, 6.45) is 3.55. The highest BCUT2D eigenvalue weighted by molar-refractivity contribution is 5.89. The van der Waals surface area contributed by atoms with Gasteiger partial charge in [-0.25, -0.2) is 4.98 Å². The molecule has 0 unspecified atom stereocenters. The molecule has 3 rings (SSSR count). The molecule has 2 heterocycles. The SMILES string of the molecule is Cc1ccnc(-c2cc(C)cc[n+]2/N=C(\[O-])c2ccccc2)c1. The number of aromatic nitrogens is 2. The highest BCUT2D eigenvalue weighted by Crippen LogP contribution is 2.15. The maximum atomic E-state index is 12.3. The van der Waals surface area contributed by atoms with Gasteiger partial charge in [-0.2, -0.15) is 0 Å². The van der Waals surface area contributed by atoms with Gasteiger partial charge in [0.05, 0.1) is 5.90 Å². The quantitative estimate of drug-likeness (QED) is 0.423. The zero-order valence-electron chi connectivity index (χ0n) is 13.1. The number of hydrogen-bond donors (Lipinski definition) is 0. The van der Waals surface area contributed by atoms with Crippen molar-refractivity contribution < 1.29 is 9.78 Å². The van der Waals surface area contributed by atoms with Crippen LogP contribution in [0.5, 0.6) is 0 Å². The van der Waals surface area contributed by atoms with E-state index in [2.05, 4.69) is 10.1 Å². The van der Waals surface area contributed by atoms with Crippen molar-refractivity contribution in [1.82, 2.24) is 4.98 Å². The Morgan fingerprint density at radius 1 is 1.00 bits per heavy atom. The third-order valence-electron chi connectivity index (χ3n) is 3.49. The van der Waals surface area contributed by atoms with Crippen molar-refractivity contribution in [1.29, 1.82) is 0 Å². The second-order valence-corrected chi connectivity index (χ2v) is 5.42. The molecule has 0 amide bonds. The zero-order chi connectivity index (χ0) is 16.2. The minimum atomic E-state index is -0.284. The monoisotopic (exact) mass is 303 g/mol. The molecule has 0 spiro atoms. The van der Waals surface area contributed by atoms with Crippen LogP contribution in [-0.4, -0.2) is 10.9 Å². The van der Waals surface area contributed by atoms with Gasteiger partial charge in [0.15, 0.2) is 0 Å². The van der Waals surface area contributed by atoms with Crippen molar-refractivity contribution in [3.63, 3.8) is 0 Å². The fraction of sp³-hybridized carbons (Fsp3) is 0.105. The number of nitrogens with zero attached hydrogens (tertiary/aromatic N) is 3. The van der Waals surface area contributed by atoms with Gasteiger partial charge in [-0.05, 0) is 47.8 Å². The molecule has 0 fully saturated rings. The summed E-state index contributed by atoms with van der Waals surface area (Å²) >= 11 is 0. The van der Waals surface area contributed by atoms with Gasteiger partial charge < -0.3 is 5.11 Å². The van der Waals surface area contributed by atoms with Gasteiger partial charge >= 0.3 is 0 Å². The third kappa shape index (κ3) is 3.43. The van der Waals surface area contributed by atoms with Crippen LogP contribution in [0.15, 0.2) is 72.1 Å². The zero-order valence-corrected chi connectivity index (χ0v) is 13.1. The molecule has 0 bridgehead atoms. The van der Waals surface area contributed by atoms with Crippen LogP contribution < -0.4 is 9.78 Å². The molecule has 4 nitrogen and oxygen atoms in total. The molecule has 0 atom stereocenters. The standard InChI is InChI=1S/C19H17N3O/c1-14-8-10-20-17(12-14)18-13-15(2)9-11-22(18)21-19(23)16-6-4-3-5-7-16/h3-13H,1-2H3. The van der Waals surface area contributed by atoms with Crippen LogP contribution in [0.1, 0.15) is 16.7 Å². The van der Waals surface area contributed by atoms with Crippen LogP contribution in [0.3, 0.4) is 0 Å². The Hall–Kier alpha value is -3.01. The highest BCUT2D eigenvalue weighted by Gasteiger charge is 2.15. The number of aryl methyl sites for hydroxylation is 2. The van der Waals surface area contributed by atoms with Crippen molar-refractivity contribution in [3.8, 4) is 11.4 Å². The average Bonchev–Trinajstić information content (AvgIpc) is 2.57. The lowest BCUT2D eigenvalue weighted by atomic mass is 10.1. The van der Waals surface area contributed by atoms with E-state index in [-0.39, 0.29) is 5.90 Å². The lowest BCUT2D eigenvalue weighted by Gasteiger charge is -2.07. The molecule has 0 radical (unpaired) electrons. The fourth-order valence-electron chi connectivity index (χ4n) is 2.29. The highest BCUT2D eigenvalue weighted by atomic mass is 16.3. The molecule has 0 N–H and O–H groups in total. The summed E-state index contributed by atoms with van der Waals surface area (Å²) in [5.74, 6) is -0.284. The van der Waals surface area contributed by atoms with Crippen molar-refractivity contribution >= 4 is 5.90 Å². The lowest BCUT2D eigenvalue weighted by molar-refractivity contribution is -0.670. The summed E-state index contributed by atoms with van der Waals surface area (Å²) < 4.78 is 1.59. The molecule has 1 aromatic carbocycles. The number of rotatable bonds is 3. The number of pyridine rings is 2. The molecular formula is C19H17N3O. The van der Waals surface area contributed by atoms with Crippen LogP contribution in [0.2, 0.25) is 0 Å². The lowest BCUT2D eigenvalue weighted by Crippen LogP contribution is -2.36. The first-order valence-electron chi connectivity index (χ1n) is 7.40. The molecule has 2 aromatic heterocycles. The van der Waals surface area contributed by atoms with E-state index in [0.29, 0.717) is 5.56 Å². The first-order chi connectivity index (χ1) is 11.1. The third-order valence-corrected chi connectivity index (χ3v) is 3.49. The Kier molecular flexibility index (Phi) is 4.15. The minimum Gasteiger partial charge on any atom is -0.854 e.